The molecule has 0 saturated carbocycles. The number of aromatic carboxylic acids is 1. The predicted octanol–water partition coefficient (Wildman–Crippen LogP) is 2.34. The molecule has 2 rings (SSSR count). The largest absolute Gasteiger partial charge is 0.478 e. The van der Waals surface area contributed by atoms with E-state index in [-0.39, 0.29) is 16.3 Å². The molecule has 0 aliphatic carbocycles. The zero-order valence-corrected chi connectivity index (χ0v) is 11.7. The van der Waals surface area contributed by atoms with Gasteiger partial charge in [0.2, 0.25) is 0 Å². The van der Waals surface area contributed by atoms with Gasteiger partial charge < -0.3 is 20.5 Å². The van der Waals surface area contributed by atoms with Crippen LogP contribution in [-0.4, -0.2) is 35.9 Å². The zero-order chi connectivity index (χ0) is 14.8. The van der Waals surface area contributed by atoms with Crippen LogP contribution < -0.4 is 10.6 Å². The van der Waals surface area contributed by atoms with Crippen molar-refractivity contribution in [1.82, 2.24) is 5.32 Å². The standard InChI is InChI=1S/C13H15ClN2O4/c1-13(4-5-20-7-13)16-12(19)15-10-6-8(11(17)18)2-3-9(10)14/h2-3,6H,4-5,7H2,1H3,(H,17,18)(H2,15,16,19). The Morgan fingerprint density at radius 1 is 1.45 bits per heavy atom. The first-order valence-corrected chi connectivity index (χ1v) is 6.47. The van der Waals surface area contributed by atoms with Gasteiger partial charge in [0, 0.05) is 6.61 Å². The molecule has 108 valence electrons. The van der Waals surface area contributed by atoms with Crippen molar-refractivity contribution in [1.29, 1.82) is 0 Å². The summed E-state index contributed by atoms with van der Waals surface area (Å²) in [5.74, 6) is -1.08. The zero-order valence-electron chi connectivity index (χ0n) is 10.9. The van der Waals surface area contributed by atoms with Crippen LogP contribution in [0.3, 0.4) is 0 Å². The maximum absolute atomic E-state index is 11.9. The lowest BCUT2D eigenvalue weighted by Gasteiger charge is -2.23. The first kappa shape index (κ1) is 14.6. The van der Waals surface area contributed by atoms with Crippen LogP contribution in [0, 0.1) is 0 Å². The van der Waals surface area contributed by atoms with Gasteiger partial charge in [-0.15, -0.1) is 0 Å². The number of hydrogen-bond donors (Lipinski definition) is 3. The smallest absolute Gasteiger partial charge is 0.335 e. The molecular weight excluding hydrogens is 284 g/mol. The van der Waals surface area contributed by atoms with Crippen LogP contribution >= 0.6 is 11.6 Å². The second-order valence-corrected chi connectivity index (χ2v) is 5.35. The molecule has 6 nitrogen and oxygen atoms in total. The lowest BCUT2D eigenvalue weighted by atomic mass is 10.0. The summed E-state index contributed by atoms with van der Waals surface area (Å²) in [5.41, 5.74) is -0.104. The number of carboxylic acids is 1. The second-order valence-electron chi connectivity index (χ2n) is 4.94. The Bertz CT molecular complexity index is 541. The van der Waals surface area contributed by atoms with Crippen molar-refractivity contribution in [2.24, 2.45) is 0 Å². The summed E-state index contributed by atoms with van der Waals surface area (Å²) in [6.07, 6.45) is 0.726. The molecule has 0 spiro atoms. The third kappa shape index (κ3) is 3.40. The fraction of sp³-hybridized carbons (Fsp3) is 0.385. The Hall–Kier alpha value is -1.79. The minimum atomic E-state index is -1.08. The molecule has 1 aliphatic heterocycles. The number of anilines is 1. The van der Waals surface area contributed by atoms with E-state index in [0.29, 0.717) is 13.2 Å². The summed E-state index contributed by atoms with van der Waals surface area (Å²) < 4.78 is 5.24. The van der Waals surface area contributed by atoms with Crippen molar-refractivity contribution in [3.05, 3.63) is 28.8 Å². The van der Waals surface area contributed by atoms with Gasteiger partial charge in [-0.25, -0.2) is 9.59 Å². The number of urea groups is 1. The summed E-state index contributed by atoms with van der Waals surface area (Å²) in [6, 6.07) is 3.68. The van der Waals surface area contributed by atoms with E-state index in [9.17, 15) is 9.59 Å². The number of carbonyl (C=O) groups excluding carboxylic acids is 1. The van der Waals surface area contributed by atoms with Gasteiger partial charge in [0.05, 0.1) is 28.4 Å². The van der Waals surface area contributed by atoms with E-state index in [2.05, 4.69) is 10.6 Å². The average molecular weight is 299 g/mol. The molecule has 2 amide bonds. The molecule has 1 aliphatic rings. The van der Waals surface area contributed by atoms with E-state index in [1.807, 2.05) is 6.92 Å². The first-order valence-electron chi connectivity index (χ1n) is 6.09. The topological polar surface area (TPSA) is 87.7 Å². The number of benzene rings is 1. The van der Waals surface area contributed by atoms with Gasteiger partial charge >= 0.3 is 12.0 Å². The molecule has 0 aromatic heterocycles. The van der Waals surface area contributed by atoms with Gasteiger partial charge in [0.25, 0.3) is 0 Å². The van der Waals surface area contributed by atoms with E-state index >= 15 is 0 Å². The number of carbonyl (C=O) groups is 2. The van der Waals surface area contributed by atoms with Crippen molar-refractivity contribution in [3.8, 4) is 0 Å². The SMILES string of the molecule is CC1(NC(=O)Nc2cc(C(=O)O)ccc2Cl)CCOC1. The van der Waals surface area contributed by atoms with Crippen molar-refractivity contribution in [3.63, 3.8) is 0 Å². The van der Waals surface area contributed by atoms with Crippen molar-refractivity contribution in [2.45, 2.75) is 18.9 Å². The number of halogens is 1. The Balaban J connectivity index is 2.07. The minimum Gasteiger partial charge on any atom is -0.478 e. The fourth-order valence-electron chi connectivity index (χ4n) is 1.95. The highest BCUT2D eigenvalue weighted by Crippen LogP contribution is 2.24. The summed E-state index contributed by atoms with van der Waals surface area (Å²) in [4.78, 5) is 22.8. The van der Waals surface area contributed by atoms with E-state index in [1.165, 1.54) is 18.2 Å². The number of rotatable bonds is 3. The maximum atomic E-state index is 11.9. The van der Waals surface area contributed by atoms with Crippen LogP contribution in [0.2, 0.25) is 5.02 Å². The summed E-state index contributed by atoms with van der Waals surface area (Å²) in [5, 5.41) is 14.5. The third-order valence-corrected chi connectivity index (χ3v) is 3.43. The molecular formula is C13H15ClN2O4. The van der Waals surface area contributed by atoms with Crippen LogP contribution in [-0.2, 0) is 4.74 Å². The average Bonchev–Trinajstić information content (AvgIpc) is 2.78. The van der Waals surface area contributed by atoms with Gasteiger partial charge in [0.1, 0.15) is 0 Å². The van der Waals surface area contributed by atoms with Gasteiger partial charge in [-0.05, 0) is 31.5 Å². The molecule has 3 N–H and O–H groups in total. The van der Waals surface area contributed by atoms with Crippen LogP contribution in [0.4, 0.5) is 10.5 Å². The monoisotopic (exact) mass is 298 g/mol. The number of nitrogens with one attached hydrogen (secondary N) is 2. The normalized spacial score (nSPS) is 21.5. The molecule has 0 radical (unpaired) electrons. The van der Waals surface area contributed by atoms with Gasteiger partial charge in [-0.3, -0.25) is 0 Å². The number of hydrogen-bond acceptors (Lipinski definition) is 3. The molecule has 0 bridgehead atoms. The molecule has 1 fully saturated rings. The Kier molecular flexibility index (Phi) is 4.15. The van der Waals surface area contributed by atoms with Crippen LogP contribution in [0.5, 0.6) is 0 Å². The molecule has 7 heteroatoms. The van der Waals surface area contributed by atoms with Gasteiger partial charge in [-0.2, -0.15) is 0 Å². The summed E-state index contributed by atoms with van der Waals surface area (Å²) in [7, 11) is 0. The molecule has 20 heavy (non-hydrogen) atoms. The first-order chi connectivity index (χ1) is 9.39. The lowest BCUT2D eigenvalue weighted by Crippen LogP contribution is -2.48. The fourth-order valence-corrected chi connectivity index (χ4v) is 2.11. The van der Waals surface area contributed by atoms with Crippen molar-refractivity contribution < 1.29 is 19.4 Å². The van der Waals surface area contributed by atoms with E-state index < -0.39 is 17.5 Å². The van der Waals surface area contributed by atoms with Gasteiger partial charge in [-0.1, -0.05) is 11.6 Å². The maximum Gasteiger partial charge on any atom is 0.335 e. The Morgan fingerprint density at radius 2 is 2.20 bits per heavy atom. The second kappa shape index (κ2) is 5.68. The molecule has 1 saturated heterocycles. The highest BCUT2D eigenvalue weighted by molar-refractivity contribution is 6.33. The van der Waals surface area contributed by atoms with Crippen molar-refractivity contribution in [2.75, 3.05) is 18.5 Å². The lowest BCUT2D eigenvalue weighted by molar-refractivity contribution is 0.0697. The predicted molar refractivity (Wildman–Crippen MR) is 74.4 cm³/mol. The molecule has 1 aromatic rings. The quantitative estimate of drug-likeness (QED) is 0.799. The van der Waals surface area contributed by atoms with E-state index in [1.54, 1.807) is 0 Å². The third-order valence-electron chi connectivity index (χ3n) is 3.10. The summed E-state index contributed by atoms with van der Waals surface area (Å²) >= 11 is 5.94. The number of ether oxygens (including phenoxy) is 1. The molecule has 1 atom stereocenters. The number of amides is 2. The molecule has 1 aromatic carbocycles. The highest BCUT2D eigenvalue weighted by atomic mass is 35.5. The van der Waals surface area contributed by atoms with E-state index in [0.717, 1.165) is 6.42 Å². The Morgan fingerprint density at radius 3 is 2.80 bits per heavy atom. The van der Waals surface area contributed by atoms with E-state index in [4.69, 9.17) is 21.4 Å². The van der Waals surface area contributed by atoms with Crippen LogP contribution in [0.25, 0.3) is 0 Å². The Labute approximate surface area is 121 Å². The molecule has 1 heterocycles. The highest BCUT2D eigenvalue weighted by Gasteiger charge is 2.31. The van der Waals surface area contributed by atoms with Gasteiger partial charge in [0.15, 0.2) is 0 Å². The summed E-state index contributed by atoms with van der Waals surface area (Å²) in [6.45, 7) is 2.93. The minimum absolute atomic E-state index is 0.0557. The number of carboxylic acid groups (broad SMARTS) is 1. The van der Waals surface area contributed by atoms with Crippen LogP contribution in [0.15, 0.2) is 18.2 Å². The molecule has 1 unspecified atom stereocenters. The van der Waals surface area contributed by atoms with Crippen LogP contribution in [0.1, 0.15) is 23.7 Å². The van der Waals surface area contributed by atoms with Crippen molar-refractivity contribution >= 4 is 29.3 Å².